The van der Waals surface area contributed by atoms with E-state index in [9.17, 15) is 10.5 Å². The Kier molecular flexibility index (Phi) is 20.1. The fraction of sp³-hybridized carbons (Fsp3) is 0.257. The molecule has 9 rings (SSSR count). The summed E-state index contributed by atoms with van der Waals surface area (Å²) in [6.45, 7) is 42.2. The first kappa shape index (κ1) is 60.8. The van der Waals surface area contributed by atoms with Gasteiger partial charge in [0, 0.05) is 72.7 Å². The second kappa shape index (κ2) is 26.5. The van der Waals surface area contributed by atoms with Gasteiger partial charge in [0.2, 0.25) is 0 Å². The molecule has 0 N–H and O–H groups in total. The summed E-state index contributed by atoms with van der Waals surface area (Å²) < 4.78 is 10.2. The molecule has 0 saturated carbocycles. The molecule has 3 heterocycles. The van der Waals surface area contributed by atoms with Crippen LogP contribution in [0, 0.1) is 63.2 Å². The van der Waals surface area contributed by atoms with Crippen molar-refractivity contribution in [3.63, 3.8) is 0 Å². The van der Waals surface area contributed by atoms with Gasteiger partial charge in [0.15, 0.2) is 11.5 Å². The molecular formula is C70H74IrN9-3. The zero-order chi connectivity index (χ0) is 57.4. The van der Waals surface area contributed by atoms with Crippen molar-refractivity contribution >= 4 is 5.69 Å². The fourth-order valence-corrected chi connectivity index (χ4v) is 10.2. The van der Waals surface area contributed by atoms with E-state index in [-0.39, 0.29) is 20.1 Å². The van der Waals surface area contributed by atoms with E-state index in [2.05, 4.69) is 207 Å². The molecule has 3 aromatic heterocycles. The Morgan fingerprint density at radius 3 is 1.39 bits per heavy atom. The van der Waals surface area contributed by atoms with Gasteiger partial charge >= 0.3 is 0 Å². The summed E-state index contributed by atoms with van der Waals surface area (Å²) in [6, 6.07) is 43.8. The predicted molar refractivity (Wildman–Crippen MR) is 321 cm³/mol. The SMILES string of the molecule is [C-]#[N+]c1ccc([CH2-])c(-c2nccn2-c2c(C(C)C)cccc2C(C)C)c1.[CH2-][n+]1ccn(-c2c(C(C)C)cccc2C(C)C)c1-c1[c-]ccc(C#N)c1.[CH2-]c1ccc(C#N)cc1-c1n(-c2c(C(C)C)cccc2C(C)C)cc[n+]1[CH2-].[Ir]. The summed E-state index contributed by atoms with van der Waals surface area (Å²) in [7, 11) is 8.31. The third-order valence-corrected chi connectivity index (χ3v) is 14.3. The van der Waals surface area contributed by atoms with Crippen LogP contribution in [0.2, 0.25) is 0 Å². The van der Waals surface area contributed by atoms with Crippen molar-refractivity contribution in [2.24, 2.45) is 0 Å². The summed E-state index contributed by atoms with van der Waals surface area (Å²) in [4.78, 5) is 8.18. The first-order chi connectivity index (χ1) is 37.7. The van der Waals surface area contributed by atoms with Gasteiger partial charge in [0.1, 0.15) is 17.2 Å². The van der Waals surface area contributed by atoms with Gasteiger partial charge in [-0.2, -0.15) is 47.6 Å². The third-order valence-electron chi connectivity index (χ3n) is 14.3. The Labute approximate surface area is 490 Å². The molecule has 0 amide bonds. The van der Waals surface area contributed by atoms with Crippen LogP contribution in [0.15, 0.2) is 146 Å². The number of hydrogen-bond donors (Lipinski definition) is 0. The Morgan fingerprint density at radius 2 is 0.938 bits per heavy atom. The summed E-state index contributed by atoms with van der Waals surface area (Å²) in [6.07, 6.45) is 11.8. The van der Waals surface area contributed by atoms with Crippen LogP contribution in [0.3, 0.4) is 0 Å². The van der Waals surface area contributed by atoms with Crippen LogP contribution in [0.1, 0.15) is 174 Å². The van der Waals surface area contributed by atoms with E-state index >= 15 is 0 Å². The number of aromatic nitrogens is 6. The van der Waals surface area contributed by atoms with Crippen molar-refractivity contribution in [3.05, 3.63) is 247 Å². The molecule has 0 aliphatic heterocycles. The molecule has 0 spiro atoms. The maximum absolute atomic E-state index is 9.34. The number of imidazole rings is 3. The van der Waals surface area contributed by atoms with E-state index in [1.165, 1.54) is 50.4 Å². The zero-order valence-electron chi connectivity index (χ0n) is 48.5. The molecule has 1 radical (unpaired) electrons. The summed E-state index contributed by atoms with van der Waals surface area (Å²) in [5, 5.41) is 18.6. The topological polar surface area (TPSA) is 87.4 Å². The summed E-state index contributed by atoms with van der Waals surface area (Å²) >= 11 is 0. The van der Waals surface area contributed by atoms with Crippen LogP contribution in [0.5, 0.6) is 0 Å². The van der Waals surface area contributed by atoms with Gasteiger partial charge in [-0.15, -0.1) is 42.5 Å². The molecule has 0 aliphatic carbocycles. The van der Waals surface area contributed by atoms with E-state index in [4.69, 9.17) is 6.57 Å². The minimum absolute atomic E-state index is 0. The normalized spacial score (nSPS) is 11.0. The minimum atomic E-state index is 0. The number of benzene rings is 6. The minimum Gasteiger partial charge on any atom is -0.378 e. The molecular weight excluding hydrogens is 1160 g/mol. The Hall–Kier alpha value is -8.45. The van der Waals surface area contributed by atoms with Crippen molar-refractivity contribution in [3.8, 4) is 63.4 Å². The van der Waals surface area contributed by atoms with Gasteiger partial charge in [0.05, 0.1) is 42.6 Å². The predicted octanol–water partition coefficient (Wildman–Crippen LogP) is 16.9. The van der Waals surface area contributed by atoms with Gasteiger partial charge in [-0.25, -0.2) is 14.4 Å². The molecule has 0 atom stereocenters. The average Bonchev–Trinajstić information content (AvgIpc) is 4.31. The van der Waals surface area contributed by atoms with Gasteiger partial charge in [-0.05, 0) is 66.3 Å². The number of hydrogen-bond acceptors (Lipinski definition) is 3. The van der Waals surface area contributed by atoms with Gasteiger partial charge in [-0.1, -0.05) is 160 Å². The Balaban J connectivity index is 0.000000192. The molecule has 0 unspecified atom stereocenters. The van der Waals surface area contributed by atoms with E-state index < -0.39 is 0 Å². The fourth-order valence-electron chi connectivity index (χ4n) is 10.2. The summed E-state index contributed by atoms with van der Waals surface area (Å²) in [5.41, 5.74) is 17.6. The van der Waals surface area contributed by atoms with Gasteiger partial charge < -0.3 is 13.7 Å². The Morgan fingerprint density at radius 1 is 0.525 bits per heavy atom. The van der Waals surface area contributed by atoms with Crippen LogP contribution in [-0.2, 0) is 20.1 Å². The number of para-hydroxylation sites is 3. The molecule has 0 saturated heterocycles. The third kappa shape index (κ3) is 12.8. The molecule has 6 aromatic carbocycles. The van der Waals surface area contributed by atoms with Crippen LogP contribution in [0.4, 0.5) is 5.69 Å². The first-order valence-corrected chi connectivity index (χ1v) is 27.2. The van der Waals surface area contributed by atoms with Crippen molar-refractivity contribution in [1.82, 2.24) is 18.7 Å². The second-order valence-electron chi connectivity index (χ2n) is 21.9. The van der Waals surface area contributed by atoms with E-state index in [1.807, 2.05) is 76.6 Å². The number of rotatable bonds is 12. The maximum Gasteiger partial charge on any atom is 0.193 e. The van der Waals surface area contributed by atoms with E-state index in [1.54, 1.807) is 24.3 Å². The van der Waals surface area contributed by atoms with Crippen LogP contribution < -0.4 is 9.13 Å². The number of nitriles is 2. The van der Waals surface area contributed by atoms with Gasteiger partial charge in [0.25, 0.3) is 0 Å². The standard InChI is InChI=1S/C24H26N3.2C23H24N3.Ir/c1-16(2)20-8-7-9-21(17(3)4)23(20)27-13-12-26(6)24(27)22-14-19(15-25)11-10-18(22)5;1-15(2)19-8-7-9-20(16(3)4)22(19)26-13-12-25-23(26)21-14-18(24-6)11-10-17(21)5;1-16(2)20-10-7-11-21(17(3)4)22(20)26-13-12-25(5)23(26)19-9-6-8-18(14-19)15-24;/h7-14,16-17H,5-6H2,1-4H3;7-16H,5H2,1-4H3;6-8,10-14,16-17H,5H2,1-4H3;/q3*-1;. The molecule has 411 valence electrons. The van der Waals surface area contributed by atoms with Crippen molar-refractivity contribution in [2.45, 2.75) is 119 Å². The Bertz CT molecular complexity index is 3660. The quantitative estimate of drug-likeness (QED) is 0.0902. The maximum atomic E-state index is 9.34. The smallest absolute Gasteiger partial charge is 0.193 e. The number of nitrogens with zero attached hydrogens (tertiary/aromatic N) is 9. The molecule has 9 nitrogen and oxygen atoms in total. The molecule has 0 aliphatic rings. The van der Waals surface area contributed by atoms with Crippen LogP contribution in [0.25, 0.3) is 56.1 Å². The largest absolute Gasteiger partial charge is 0.378 e. The van der Waals surface area contributed by atoms with Crippen molar-refractivity contribution in [2.75, 3.05) is 0 Å². The molecule has 9 aromatic rings. The van der Waals surface area contributed by atoms with Crippen LogP contribution >= 0.6 is 0 Å². The monoisotopic (exact) mass is 1230 g/mol. The second-order valence-corrected chi connectivity index (χ2v) is 21.9. The molecule has 10 heteroatoms. The molecule has 0 fully saturated rings. The van der Waals surface area contributed by atoms with Crippen LogP contribution in [-0.4, -0.2) is 18.7 Å². The van der Waals surface area contributed by atoms with E-state index in [0.717, 1.165) is 45.3 Å². The summed E-state index contributed by atoms with van der Waals surface area (Å²) in [5.74, 6) is 5.02. The van der Waals surface area contributed by atoms with Crippen molar-refractivity contribution in [1.29, 1.82) is 10.5 Å². The van der Waals surface area contributed by atoms with E-state index in [0.29, 0.717) is 52.3 Å². The van der Waals surface area contributed by atoms with Gasteiger partial charge in [-0.3, -0.25) is 4.57 Å². The molecule has 80 heavy (non-hydrogen) atoms. The first-order valence-electron chi connectivity index (χ1n) is 27.2. The van der Waals surface area contributed by atoms with Crippen molar-refractivity contribution < 1.29 is 29.2 Å². The molecule has 0 bridgehead atoms. The average molecular weight is 1230 g/mol. The zero-order valence-corrected chi connectivity index (χ0v) is 50.9.